The van der Waals surface area contributed by atoms with Crippen molar-refractivity contribution in [2.75, 3.05) is 46.0 Å². The molecule has 0 unspecified atom stereocenters. The second-order valence-corrected chi connectivity index (χ2v) is 10.8. The van der Waals surface area contributed by atoms with Crippen molar-refractivity contribution in [1.82, 2.24) is 34.4 Å². The van der Waals surface area contributed by atoms with Crippen LogP contribution in [0.3, 0.4) is 0 Å². The average molecular weight is 518 g/mol. The van der Waals surface area contributed by atoms with Crippen LogP contribution >= 0.6 is 0 Å². The first-order valence-electron chi connectivity index (χ1n) is 12.4. The van der Waals surface area contributed by atoms with Crippen LogP contribution in [0.15, 0.2) is 27.9 Å². The fraction of sp³-hybridized carbons (Fsp3) is 0.565. The molecule has 3 heterocycles. The molecule has 0 atom stereocenters. The SMILES string of the molecule is CCOc1ccc(S(=O)(=O)NCCN2CCOCC2)cc1-c1nn2c(C3CCCC3)nnc2c(=O)[nH]1. The lowest BCUT2D eigenvalue weighted by molar-refractivity contribution is 0.0390. The topological polar surface area (TPSA) is 144 Å². The van der Waals surface area contributed by atoms with Crippen LogP contribution in [0.5, 0.6) is 5.75 Å². The van der Waals surface area contributed by atoms with E-state index >= 15 is 0 Å². The summed E-state index contributed by atoms with van der Waals surface area (Å²) in [6.45, 7) is 5.93. The Bertz CT molecular complexity index is 1380. The molecule has 1 saturated heterocycles. The Hall–Kier alpha value is -2.87. The zero-order valence-corrected chi connectivity index (χ0v) is 21.1. The predicted molar refractivity (Wildman–Crippen MR) is 132 cm³/mol. The third-order valence-corrected chi connectivity index (χ3v) is 8.12. The van der Waals surface area contributed by atoms with E-state index in [2.05, 4.69) is 29.9 Å². The molecule has 2 aliphatic rings. The lowest BCUT2D eigenvalue weighted by Crippen LogP contribution is -2.41. The number of aromatic nitrogens is 5. The summed E-state index contributed by atoms with van der Waals surface area (Å²) in [4.78, 5) is 17.8. The normalized spacial score (nSPS) is 17.7. The van der Waals surface area contributed by atoms with Gasteiger partial charge in [0.25, 0.3) is 5.56 Å². The van der Waals surface area contributed by atoms with Crippen LogP contribution in [-0.2, 0) is 14.8 Å². The minimum Gasteiger partial charge on any atom is -0.493 e. The summed E-state index contributed by atoms with van der Waals surface area (Å²) in [5.41, 5.74) is 0.0428. The van der Waals surface area contributed by atoms with Gasteiger partial charge in [-0.3, -0.25) is 9.69 Å². The maximum atomic E-state index is 13.1. The van der Waals surface area contributed by atoms with E-state index in [0.717, 1.165) is 38.8 Å². The smallest absolute Gasteiger partial charge is 0.296 e. The quantitative estimate of drug-likeness (QED) is 0.427. The summed E-state index contributed by atoms with van der Waals surface area (Å²) in [6, 6.07) is 4.56. The fourth-order valence-electron chi connectivity index (χ4n) is 4.77. The molecule has 3 aromatic rings. The zero-order chi connectivity index (χ0) is 25.1. The first-order chi connectivity index (χ1) is 17.5. The molecule has 0 amide bonds. The molecular formula is C23H31N7O5S. The fourth-order valence-corrected chi connectivity index (χ4v) is 5.82. The van der Waals surface area contributed by atoms with Crippen LogP contribution in [0.4, 0.5) is 0 Å². The number of ether oxygens (including phenoxy) is 2. The van der Waals surface area contributed by atoms with Crippen molar-refractivity contribution < 1.29 is 17.9 Å². The number of nitrogens with one attached hydrogen (secondary N) is 2. The molecule has 2 fully saturated rings. The van der Waals surface area contributed by atoms with Crippen LogP contribution in [0, 0.1) is 0 Å². The van der Waals surface area contributed by atoms with Crippen molar-refractivity contribution in [3.63, 3.8) is 0 Å². The second-order valence-electron chi connectivity index (χ2n) is 9.02. The molecule has 2 N–H and O–H groups in total. The largest absolute Gasteiger partial charge is 0.493 e. The molecule has 36 heavy (non-hydrogen) atoms. The molecule has 13 heteroatoms. The van der Waals surface area contributed by atoms with Gasteiger partial charge >= 0.3 is 0 Å². The lowest BCUT2D eigenvalue weighted by atomic mass is 10.1. The Labute approximate surface area is 209 Å². The summed E-state index contributed by atoms with van der Waals surface area (Å²) < 4.78 is 41.4. The monoisotopic (exact) mass is 517 g/mol. The van der Waals surface area contributed by atoms with Gasteiger partial charge < -0.3 is 14.5 Å². The molecule has 5 rings (SSSR count). The Balaban J connectivity index is 1.47. The molecule has 1 aliphatic carbocycles. The molecule has 0 radical (unpaired) electrons. The highest BCUT2D eigenvalue weighted by Gasteiger charge is 2.25. The highest BCUT2D eigenvalue weighted by molar-refractivity contribution is 7.89. The average Bonchev–Trinajstić information content (AvgIpc) is 3.55. The Morgan fingerprint density at radius 3 is 2.72 bits per heavy atom. The summed E-state index contributed by atoms with van der Waals surface area (Å²) >= 11 is 0. The van der Waals surface area contributed by atoms with E-state index in [0.29, 0.717) is 43.5 Å². The zero-order valence-electron chi connectivity index (χ0n) is 20.3. The van der Waals surface area contributed by atoms with Gasteiger partial charge in [0.05, 0.1) is 30.3 Å². The third-order valence-electron chi connectivity index (χ3n) is 6.66. The second kappa shape index (κ2) is 10.6. The lowest BCUT2D eigenvalue weighted by Gasteiger charge is -2.26. The van der Waals surface area contributed by atoms with Gasteiger partial charge in [-0.25, -0.2) is 13.1 Å². The number of nitrogens with zero attached hydrogens (tertiary/aromatic N) is 5. The first-order valence-corrected chi connectivity index (χ1v) is 13.9. The number of hydrogen-bond donors (Lipinski definition) is 2. The number of H-pyrrole nitrogens is 1. The van der Waals surface area contributed by atoms with Gasteiger partial charge in [0.2, 0.25) is 15.7 Å². The van der Waals surface area contributed by atoms with E-state index < -0.39 is 15.6 Å². The van der Waals surface area contributed by atoms with Crippen LogP contribution < -0.4 is 15.0 Å². The van der Waals surface area contributed by atoms with E-state index in [1.807, 2.05) is 6.92 Å². The van der Waals surface area contributed by atoms with Crippen molar-refractivity contribution in [2.45, 2.75) is 43.4 Å². The van der Waals surface area contributed by atoms with Gasteiger partial charge in [-0.1, -0.05) is 12.8 Å². The van der Waals surface area contributed by atoms with Crippen molar-refractivity contribution in [2.24, 2.45) is 0 Å². The summed E-state index contributed by atoms with van der Waals surface area (Å²) in [7, 11) is -3.80. The molecular weight excluding hydrogens is 486 g/mol. The van der Waals surface area contributed by atoms with Crippen LogP contribution in [0.2, 0.25) is 0 Å². The van der Waals surface area contributed by atoms with Crippen molar-refractivity contribution in [3.05, 3.63) is 34.4 Å². The number of sulfonamides is 1. The van der Waals surface area contributed by atoms with Crippen LogP contribution in [-0.4, -0.2) is 84.1 Å². The minimum absolute atomic E-state index is 0.0606. The number of fused-ring (bicyclic) bond motifs is 1. The number of morpholine rings is 1. The molecule has 1 aromatic carbocycles. The molecule has 0 spiro atoms. The molecule has 0 bridgehead atoms. The van der Waals surface area contributed by atoms with Gasteiger partial charge in [-0.2, -0.15) is 4.52 Å². The summed E-state index contributed by atoms with van der Waals surface area (Å²) in [6.07, 6.45) is 4.14. The summed E-state index contributed by atoms with van der Waals surface area (Å²) in [5, 5.41) is 12.9. The number of rotatable bonds is 9. The predicted octanol–water partition coefficient (Wildman–Crippen LogP) is 1.15. The molecule has 1 saturated carbocycles. The standard InChI is InChI=1S/C23H31N7O5S/c1-2-35-19-8-7-17(36(32,33)24-9-10-29-11-13-34-14-12-29)15-18(19)20-25-23(31)22-27-26-21(30(22)28-20)16-5-3-4-6-16/h7-8,15-16,24H,2-6,9-14H2,1H3,(H,25,28,31). The van der Waals surface area contributed by atoms with E-state index in [9.17, 15) is 13.2 Å². The Morgan fingerprint density at radius 2 is 1.97 bits per heavy atom. The molecule has 2 aromatic heterocycles. The molecule has 12 nitrogen and oxygen atoms in total. The third kappa shape index (κ3) is 5.14. The minimum atomic E-state index is -3.80. The first kappa shape index (κ1) is 24.8. The van der Waals surface area contributed by atoms with E-state index in [1.165, 1.54) is 16.6 Å². The highest BCUT2D eigenvalue weighted by atomic mass is 32.2. The van der Waals surface area contributed by atoms with Crippen LogP contribution in [0.1, 0.15) is 44.3 Å². The van der Waals surface area contributed by atoms with Crippen molar-refractivity contribution in [3.8, 4) is 17.1 Å². The summed E-state index contributed by atoms with van der Waals surface area (Å²) in [5.74, 6) is 1.46. The van der Waals surface area contributed by atoms with Gasteiger partial charge in [-0.05, 0) is 38.0 Å². The Morgan fingerprint density at radius 1 is 1.19 bits per heavy atom. The van der Waals surface area contributed by atoms with Gasteiger partial charge in [0.1, 0.15) is 5.75 Å². The maximum absolute atomic E-state index is 13.1. The van der Waals surface area contributed by atoms with Gasteiger partial charge in [-0.15, -0.1) is 15.3 Å². The maximum Gasteiger partial charge on any atom is 0.296 e. The Kier molecular flexibility index (Phi) is 7.32. The van der Waals surface area contributed by atoms with Crippen molar-refractivity contribution >= 4 is 15.7 Å². The highest BCUT2D eigenvalue weighted by Crippen LogP contribution is 2.33. The van der Waals surface area contributed by atoms with Gasteiger partial charge in [0.15, 0.2) is 11.6 Å². The number of hydrogen-bond acceptors (Lipinski definition) is 9. The van der Waals surface area contributed by atoms with Crippen LogP contribution in [0.25, 0.3) is 17.0 Å². The van der Waals surface area contributed by atoms with Crippen molar-refractivity contribution in [1.29, 1.82) is 0 Å². The molecule has 194 valence electrons. The number of aromatic amines is 1. The van der Waals surface area contributed by atoms with E-state index in [-0.39, 0.29) is 28.8 Å². The van der Waals surface area contributed by atoms with E-state index in [4.69, 9.17) is 9.47 Å². The van der Waals surface area contributed by atoms with Gasteiger partial charge in [0, 0.05) is 32.1 Å². The number of benzene rings is 1. The van der Waals surface area contributed by atoms with E-state index in [1.54, 1.807) is 6.07 Å². The molecule has 1 aliphatic heterocycles.